The van der Waals surface area contributed by atoms with E-state index < -0.39 is 0 Å². The van der Waals surface area contributed by atoms with Gasteiger partial charge in [0.2, 0.25) is 0 Å². The van der Waals surface area contributed by atoms with Crippen LogP contribution in [0.5, 0.6) is 0 Å². The summed E-state index contributed by atoms with van der Waals surface area (Å²) in [5.74, 6) is 0.729. The molecular formula is C21H23N5O. The Morgan fingerprint density at radius 1 is 1.19 bits per heavy atom. The molecule has 0 saturated carbocycles. The summed E-state index contributed by atoms with van der Waals surface area (Å²) in [4.78, 5) is 19.4. The maximum Gasteiger partial charge on any atom is 0.322 e. The zero-order chi connectivity index (χ0) is 18.5. The van der Waals surface area contributed by atoms with Gasteiger partial charge in [0.15, 0.2) is 0 Å². The van der Waals surface area contributed by atoms with Crippen molar-refractivity contribution < 1.29 is 4.79 Å². The third-order valence-corrected chi connectivity index (χ3v) is 5.96. The van der Waals surface area contributed by atoms with Crippen LogP contribution in [0.4, 0.5) is 10.5 Å². The Balaban J connectivity index is 1.39. The van der Waals surface area contributed by atoms with Crippen molar-refractivity contribution in [1.29, 1.82) is 0 Å². The van der Waals surface area contributed by atoms with E-state index in [1.54, 1.807) is 6.20 Å². The van der Waals surface area contributed by atoms with Gasteiger partial charge in [-0.1, -0.05) is 13.0 Å². The standard InChI is InChI=1S/C21H23N5O/c1-13-7-17-10-18(8-13)26(17)21(27)24-15-4-3-14(2)19(9-15)20-12-25-16(11-22-20)5-6-23-25/h3-6,9,11-13,17-18H,7-8,10H2,1-2H3,(H,24,27). The van der Waals surface area contributed by atoms with Crippen LogP contribution in [0.25, 0.3) is 16.8 Å². The Morgan fingerprint density at radius 3 is 2.81 bits per heavy atom. The molecule has 0 aliphatic carbocycles. The van der Waals surface area contributed by atoms with Crippen LogP contribution in [0.1, 0.15) is 31.7 Å². The molecule has 138 valence electrons. The van der Waals surface area contributed by atoms with Crippen molar-refractivity contribution in [3.63, 3.8) is 0 Å². The van der Waals surface area contributed by atoms with Gasteiger partial charge in [0.25, 0.3) is 0 Å². The van der Waals surface area contributed by atoms with Crippen LogP contribution in [0.15, 0.2) is 42.9 Å². The topological polar surface area (TPSA) is 62.5 Å². The fraction of sp³-hybridized carbons (Fsp3) is 0.381. The summed E-state index contributed by atoms with van der Waals surface area (Å²) < 4.78 is 1.81. The van der Waals surface area contributed by atoms with E-state index in [-0.39, 0.29) is 6.03 Å². The summed E-state index contributed by atoms with van der Waals surface area (Å²) in [6, 6.07) is 8.75. The van der Waals surface area contributed by atoms with Crippen molar-refractivity contribution >= 4 is 17.2 Å². The van der Waals surface area contributed by atoms with Gasteiger partial charge in [-0.15, -0.1) is 0 Å². The molecule has 2 amide bonds. The van der Waals surface area contributed by atoms with E-state index in [2.05, 4.69) is 29.2 Å². The maximum absolute atomic E-state index is 12.8. The molecular weight excluding hydrogens is 338 g/mol. The number of anilines is 1. The predicted molar refractivity (Wildman–Crippen MR) is 105 cm³/mol. The summed E-state index contributed by atoms with van der Waals surface area (Å²) in [6.45, 7) is 4.33. The number of fused-ring (bicyclic) bond motifs is 3. The number of piperidine rings is 1. The van der Waals surface area contributed by atoms with E-state index in [0.29, 0.717) is 12.1 Å². The van der Waals surface area contributed by atoms with Gasteiger partial charge >= 0.3 is 6.03 Å². The lowest BCUT2D eigenvalue weighted by Crippen LogP contribution is -2.63. The van der Waals surface area contributed by atoms with Gasteiger partial charge in [-0.05, 0) is 55.9 Å². The molecule has 2 atom stereocenters. The predicted octanol–water partition coefficient (Wildman–Crippen LogP) is 4.11. The van der Waals surface area contributed by atoms with Crippen LogP contribution >= 0.6 is 0 Å². The number of nitrogens with zero attached hydrogens (tertiary/aromatic N) is 4. The molecule has 0 radical (unpaired) electrons. The molecule has 2 unspecified atom stereocenters. The Hall–Kier alpha value is -2.89. The van der Waals surface area contributed by atoms with Crippen molar-refractivity contribution in [3.05, 3.63) is 48.4 Å². The molecule has 27 heavy (non-hydrogen) atoms. The largest absolute Gasteiger partial charge is 0.322 e. The highest BCUT2D eigenvalue weighted by Gasteiger charge is 2.46. The molecule has 3 aromatic rings. The normalized spacial score (nSPS) is 23.9. The third-order valence-electron chi connectivity index (χ3n) is 5.96. The van der Waals surface area contributed by atoms with Crippen LogP contribution < -0.4 is 5.32 Å². The third kappa shape index (κ3) is 2.76. The fourth-order valence-corrected chi connectivity index (χ4v) is 4.60. The molecule has 6 heteroatoms. The van der Waals surface area contributed by atoms with Crippen LogP contribution in [-0.4, -0.2) is 37.6 Å². The number of hydrogen-bond donors (Lipinski definition) is 1. The van der Waals surface area contributed by atoms with Gasteiger partial charge in [-0.2, -0.15) is 5.10 Å². The van der Waals surface area contributed by atoms with Crippen LogP contribution in [0.2, 0.25) is 0 Å². The lowest BCUT2D eigenvalue weighted by atomic mass is 9.74. The Morgan fingerprint density at radius 2 is 2.00 bits per heavy atom. The number of amides is 2. The Bertz CT molecular complexity index is 1010. The van der Waals surface area contributed by atoms with Gasteiger partial charge in [0.05, 0.1) is 29.8 Å². The summed E-state index contributed by atoms with van der Waals surface area (Å²) in [7, 11) is 0. The number of nitrogens with one attached hydrogen (secondary N) is 1. The number of urea groups is 1. The zero-order valence-electron chi connectivity index (χ0n) is 15.6. The molecule has 2 aromatic heterocycles. The second kappa shape index (κ2) is 6.08. The highest BCUT2D eigenvalue weighted by Crippen LogP contribution is 2.41. The minimum Gasteiger partial charge on any atom is -0.318 e. The number of carbonyl (C=O) groups is 1. The second-order valence-corrected chi connectivity index (χ2v) is 7.96. The van der Waals surface area contributed by atoms with E-state index >= 15 is 0 Å². The number of hydrogen-bond acceptors (Lipinski definition) is 3. The lowest BCUT2D eigenvalue weighted by molar-refractivity contribution is -0.00600. The lowest BCUT2D eigenvalue weighted by Gasteiger charge is -2.54. The highest BCUT2D eigenvalue weighted by atomic mass is 16.2. The number of aryl methyl sites for hydroxylation is 1. The average molecular weight is 361 g/mol. The molecule has 2 aliphatic heterocycles. The number of rotatable bonds is 2. The Kier molecular flexibility index (Phi) is 3.67. The monoisotopic (exact) mass is 361 g/mol. The van der Waals surface area contributed by atoms with E-state index in [1.165, 1.54) is 0 Å². The molecule has 2 fully saturated rings. The maximum atomic E-state index is 12.8. The van der Waals surface area contributed by atoms with Crippen LogP contribution in [0.3, 0.4) is 0 Å². The van der Waals surface area contributed by atoms with E-state index in [9.17, 15) is 4.79 Å². The van der Waals surface area contributed by atoms with Crippen LogP contribution in [-0.2, 0) is 0 Å². The first-order valence-electron chi connectivity index (χ1n) is 9.58. The first-order chi connectivity index (χ1) is 13.1. The van der Waals surface area contributed by atoms with E-state index in [0.717, 1.165) is 53.2 Å². The molecule has 2 bridgehead atoms. The molecule has 5 rings (SSSR count). The molecule has 2 saturated heterocycles. The minimum atomic E-state index is 0.0217. The SMILES string of the molecule is Cc1ccc(NC(=O)N2C3CC(C)CC2C3)cc1-c1cn2nccc2cn1. The minimum absolute atomic E-state index is 0.0217. The van der Waals surface area contributed by atoms with Gasteiger partial charge in [0.1, 0.15) is 0 Å². The van der Waals surface area contributed by atoms with Crippen molar-refractivity contribution in [2.75, 3.05) is 5.32 Å². The fourth-order valence-electron chi connectivity index (χ4n) is 4.60. The van der Waals surface area contributed by atoms with Crippen molar-refractivity contribution in [1.82, 2.24) is 19.5 Å². The Labute approximate surface area is 158 Å². The summed E-state index contributed by atoms with van der Waals surface area (Å²) in [5, 5.41) is 7.38. The average Bonchev–Trinajstić information content (AvgIpc) is 3.10. The summed E-state index contributed by atoms with van der Waals surface area (Å²) in [6.07, 6.45) is 8.90. The summed E-state index contributed by atoms with van der Waals surface area (Å²) in [5.41, 5.74) is 4.72. The van der Waals surface area contributed by atoms with E-state index in [1.807, 2.05) is 46.1 Å². The molecule has 4 heterocycles. The van der Waals surface area contributed by atoms with Crippen molar-refractivity contribution in [3.8, 4) is 11.3 Å². The molecule has 2 aliphatic rings. The number of aromatic nitrogens is 3. The molecule has 1 aromatic carbocycles. The molecule has 1 N–H and O–H groups in total. The van der Waals surface area contributed by atoms with E-state index in [4.69, 9.17) is 0 Å². The molecule has 6 nitrogen and oxygen atoms in total. The van der Waals surface area contributed by atoms with Crippen molar-refractivity contribution in [2.24, 2.45) is 5.92 Å². The number of carbonyl (C=O) groups excluding carboxylic acids is 1. The van der Waals surface area contributed by atoms with Gasteiger partial charge in [-0.25, -0.2) is 9.31 Å². The first kappa shape index (κ1) is 16.3. The number of benzene rings is 1. The summed E-state index contributed by atoms with van der Waals surface area (Å²) >= 11 is 0. The highest BCUT2D eigenvalue weighted by molar-refractivity contribution is 5.91. The van der Waals surface area contributed by atoms with Gasteiger partial charge < -0.3 is 10.2 Å². The van der Waals surface area contributed by atoms with Crippen LogP contribution in [0, 0.1) is 12.8 Å². The quantitative estimate of drug-likeness (QED) is 0.747. The van der Waals surface area contributed by atoms with Gasteiger partial charge in [0, 0.05) is 23.3 Å². The van der Waals surface area contributed by atoms with Gasteiger partial charge in [-0.3, -0.25) is 4.98 Å². The molecule has 0 spiro atoms. The zero-order valence-corrected chi connectivity index (χ0v) is 15.6. The smallest absolute Gasteiger partial charge is 0.318 e. The van der Waals surface area contributed by atoms with Crippen molar-refractivity contribution in [2.45, 2.75) is 45.2 Å². The first-order valence-corrected chi connectivity index (χ1v) is 9.58. The second-order valence-electron chi connectivity index (χ2n) is 7.96.